The quantitative estimate of drug-likeness (QED) is 0.822. The van der Waals surface area contributed by atoms with E-state index >= 15 is 0 Å². The summed E-state index contributed by atoms with van der Waals surface area (Å²) < 4.78 is 5.34. The number of rotatable bonds is 6. The van der Waals surface area contributed by atoms with Gasteiger partial charge in [-0.25, -0.2) is 0 Å². The fourth-order valence-corrected chi connectivity index (χ4v) is 2.37. The van der Waals surface area contributed by atoms with Crippen molar-refractivity contribution < 1.29 is 14.6 Å². The molecule has 116 valence electrons. The molecule has 1 heterocycles. The average Bonchev–Trinajstić information content (AvgIpc) is 2.53. The Morgan fingerprint density at radius 3 is 2.86 bits per heavy atom. The highest BCUT2D eigenvalue weighted by atomic mass is 16.5. The molecule has 0 spiro atoms. The van der Waals surface area contributed by atoms with Gasteiger partial charge in [-0.2, -0.15) is 0 Å². The van der Waals surface area contributed by atoms with Gasteiger partial charge in [-0.1, -0.05) is 19.1 Å². The lowest BCUT2D eigenvalue weighted by molar-refractivity contribution is 0.0342. The van der Waals surface area contributed by atoms with Crippen LogP contribution in [-0.2, 0) is 11.3 Å². The van der Waals surface area contributed by atoms with Crippen LogP contribution in [0.1, 0.15) is 29.3 Å². The van der Waals surface area contributed by atoms with Gasteiger partial charge >= 0.3 is 0 Å². The van der Waals surface area contributed by atoms with Gasteiger partial charge in [0.25, 0.3) is 5.91 Å². The van der Waals surface area contributed by atoms with Gasteiger partial charge in [0.05, 0.1) is 25.9 Å². The maximum absolute atomic E-state index is 12.2. The van der Waals surface area contributed by atoms with Crippen LogP contribution in [-0.4, -0.2) is 54.9 Å². The van der Waals surface area contributed by atoms with E-state index < -0.39 is 0 Å². The fourth-order valence-electron chi connectivity index (χ4n) is 2.37. The molecule has 1 aromatic rings. The molecule has 1 fully saturated rings. The molecule has 0 aliphatic carbocycles. The van der Waals surface area contributed by atoms with Crippen molar-refractivity contribution in [1.29, 1.82) is 0 Å². The summed E-state index contributed by atoms with van der Waals surface area (Å²) in [6.45, 7) is 6.15. The van der Waals surface area contributed by atoms with Gasteiger partial charge in [0.15, 0.2) is 0 Å². The van der Waals surface area contributed by atoms with Gasteiger partial charge < -0.3 is 15.2 Å². The third-order valence-corrected chi connectivity index (χ3v) is 3.75. The highest BCUT2D eigenvalue weighted by Crippen LogP contribution is 2.10. The third-order valence-electron chi connectivity index (χ3n) is 3.75. The molecule has 21 heavy (non-hydrogen) atoms. The summed E-state index contributed by atoms with van der Waals surface area (Å²) in [4.78, 5) is 14.5. The number of hydrogen-bond acceptors (Lipinski definition) is 4. The summed E-state index contributed by atoms with van der Waals surface area (Å²) in [7, 11) is 0. The van der Waals surface area contributed by atoms with Gasteiger partial charge in [-0.15, -0.1) is 0 Å². The van der Waals surface area contributed by atoms with E-state index in [-0.39, 0.29) is 18.6 Å². The summed E-state index contributed by atoms with van der Waals surface area (Å²) in [5, 5.41) is 12.0. The second-order valence-corrected chi connectivity index (χ2v) is 5.35. The molecular weight excluding hydrogens is 268 g/mol. The number of carbonyl (C=O) groups is 1. The molecule has 0 radical (unpaired) electrons. The van der Waals surface area contributed by atoms with Gasteiger partial charge in [0.1, 0.15) is 0 Å². The number of aliphatic hydroxyl groups is 1. The predicted molar refractivity (Wildman–Crippen MR) is 81.2 cm³/mol. The van der Waals surface area contributed by atoms with E-state index in [0.29, 0.717) is 5.56 Å². The highest BCUT2D eigenvalue weighted by molar-refractivity contribution is 5.94. The summed E-state index contributed by atoms with van der Waals surface area (Å²) >= 11 is 0. The normalized spacial score (nSPS) is 17.4. The number of hydrogen-bond donors (Lipinski definition) is 2. The zero-order valence-corrected chi connectivity index (χ0v) is 12.5. The van der Waals surface area contributed by atoms with Crippen LogP contribution in [0.2, 0.25) is 0 Å². The van der Waals surface area contributed by atoms with E-state index in [1.165, 1.54) is 0 Å². The third kappa shape index (κ3) is 4.81. The smallest absolute Gasteiger partial charge is 0.251 e. The molecule has 1 aliphatic heterocycles. The Hall–Kier alpha value is -1.43. The topological polar surface area (TPSA) is 61.8 Å². The molecule has 5 heteroatoms. The first kappa shape index (κ1) is 15.9. The first-order valence-corrected chi connectivity index (χ1v) is 7.53. The number of nitrogens with zero attached hydrogens (tertiary/aromatic N) is 1. The summed E-state index contributed by atoms with van der Waals surface area (Å²) in [5.41, 5.74) is 1.77. The number of ether oxygens (including phenoxy) is 1. The molecule has 1 saturated heterocycles. The van der Waals surface area contributed by atoms with Crippen molar-refractivity contribution >= 4 is 5.91 Å². The van der Waals surface area contributed by atoms with Crippen LogP contribution in [0.4, 0.5) is 0 Å². The van der Waals surface area contributed by atoms with Crippen molar-refractivity contribution in [1.82, 2.24) is 10.2 Å². The number of carbonyl (C=O) groups excluding carboxylic acids is 1. The molecule has 1 unspecified atom stereocenters. The molecule has 1 aliphatic rings. The van der Waals surface area contributed by atoms with E-state index in [9.17, 15) is 4.79 Å². The van der Waals surface area contributed by atoms with E-state index in [1.54, 1.807) is 0 Å². The van der Waals surface area contributed by atoms with E-state index in [4.69, 9.17) is 9.84 Å². The van der Waals surface area contributed by atoms with Gasteiger partial charge in [0, 0.05) is 25.2 Å². The van der Waals surface area contributed by atoms with Crippen molar-refractivity contribution in [2.24, 2.45) is 0 Å². The van der Waals surface area contributed by atoms with Gasteiger partial charge in [0.2, 0.25) is 0 Å². The summed E-state index contributed by atoms with van der Waals surface area (Å²) in [6.07, 6.45) is 0.718. The summed E-state index contributed by atoms with van der Waals surface area (Å²) in [6, 6.07) is 7.50. The zero-order chi connectivity index (χ0) is 15.1. The minimum absolute atomic E-state index is 0.0320. The molecule has 0 bridgehead atoms. The Labute approximate surface area is 125 Å². The van der Waals surface area contributed by atoms with Crippen molar-refractivity contribution in [3.05, 3.63) is 35.4 Å². The number of benzene rings is 1. The minimum atomic E-state index is -0.180. The van der Waals surface area contributed by atoms with Crippen molar-refractivity contribution in [2.45, 2.75) is 25.9 Å². The van der Waals surface area contributed by atoms with Crippen molar-refractivity contribution in [2.75, 3.05) is 32.9 Å². The lowest BCUT2D eigenvalue weighted by Crippen LogP contribution is -2.37. The zero-order valence-electron chi connectivity index (χ0n) is 12.5. The monoisotopic (exact) mass is 292 g/mol. The highest BCUT2D eigenvalue weighted by Gasteiger charge is 2.14. The Morgan fingerprint density at radius 1 is 1.43 bits per heavy atom. The predicted octanol–water partition coefficient (Wildman–Crippen LogP) is 1.02. The van der Waals surface area contributed by atoms with Crippen LogP contribution in [0.25, 0.3) is 0 Å². The molecule has 0 saturated carbocycles. The number of nitrogens with one attached hydrogen (secondary N) is 1. The first-order valence-electron chi connectivity index (χ1n) is 7.53. The number of amides is 1. The average molecular weight is 292 g/mol. The van der Waals surface area contributed by atoms with Crippen LogP contribution in [0.5, 0.6) is 0 Å². The van der Waals surface area contributed by atoms with Gasteiger partial charge in [-0.3, -0.25) is 9.69 Å². The van der Waals surface area contributed by atoms with Crippen LogP contribution in [0, 0.1) is 0 Å². The molecule has 1 amide bonds. The molecular formula is C16H24N2O3. The lowest BCUT2D eigenvalue weighted by atomic mass is 10.1. The molecule has 0 aromatic heterocycles. The Bertz CT molecular complexity index is 455. The SMILES string of the molecule is CCC(CO)NC(=O)c1cccc(CN2CCOCC2)c1. The molecule has 2 rings (SSSR count). The Balaban J connectivity index is 1.97. The van der Waals surface area contributed by atoms with Crippen LogP contribution < -0.4 is 5.32 Å². The number of morpholine rings is 1. The maximum atomic E-state index is 12.2. The Kier molecular flexibility index (Phi) is 6.17. The van der Waals surface area contributed by atoms with Gasteiger partial charge in [-0.05, 0) is 24.1 Å². The Morgan fingerprint density at radius 2 is 2.19 bits per heavy atom. The van der Waals surface area contributed by atoms with Crippen LogP contribution >= 0.6 is 0 Å². The van der Waals surface area contributed by atoms with E-state index in [0.717, 1.165) is 44.8 Å². The van der Waals surface area contributed by atoms with Crippen LogP contribution in [0.3, 0.4) is 0 Å². The van der Waals surface area contributed by atoms with Crippen LogP contribution in [0.15, 0.2) is 24.3 Å². The lowest BCUT2D eigenvalue weighted by Gasteiger charge is -2.26. The molecule has 2 N–H and O–H groups in total. The second-order valence-electron chi connectivity index (χ2n) is 5.35. The minimum Gasteiger partial charge on any atom is -0.394 e. The molecule has 1 aromatic carbocycles. The summed E-state index contributed by atoms with van der Waals surface area (Å²) in [5.74, 6) is -0.125. The number of aliphatic hydroxyl groups excluding tert-OH is 1. The first-order chi connectivity index (χ1) is 10.2. The van der Waals surface area contributed by atoms with E-state index in [2.05, 4.69) is 10.2 Å². The van der Waals surface area contributed by atoms with Crippen molar-refractivity contribution in [3.63, 3.8) is 0 Å². The maximum Gasteiger partial charge on any atom is 0.251 e. The second kappa shape index (κ2) is 8.12. The van der Waals surface area contributed by atoms with E-state index in [1.807, 2.05) is 31.2 Å². The van der Waals surface area contributed by atoms with Crippen molar-refractivity contribution in [3.8, 4) is 0 Å². The largest absolute Gasteiger partial charge is 0.394 e. The molecule has 5 nitrogen and oxygen atoms in total. The standard InChI is InChI=1S/C16H24N2O3/c1-2-15(12-19)17-16(20)14-5-3-4-13(10-14)11-18-6-8-21-9-7-18/h3-5,10,15,19H,2,6-9,11-12H2,1H3,(H,17,20). The fraction of sp³-hybridized carbons (Fsp3) is 0.562. The molecule has 1 atom stereocenters.